The van der Waals surface area contributed by atoms with E-state index in [1.54, 1.807) is 9.58 Å². The summed E-state index contributed by atoms with van der Waals surface area (Å²) in [6.45, 7) is 0.474. The molecule has 0 saturated carbocycles. The van der Waals surface area contributed by atoms with Gasteiger partial charge in [-0.05, 0) is 43.2 Å². The molecule has 2 aromatic heterocycles. The molecule has 1 N–H and O–H groups in total. The smallest absolute Gasteiger partial charge is 0.303 e. The van der Waals surface area contributed by atoms with Gasteiger partial charge in [-0.1, -0.05) is 66.8 Å². The largest absolute Gasteiger partial charge is 0.481 e. The minimum absolute atomic E-state index is 0.133. The topological polar surface area (TPSA) is 88.6 Å². The van der Waals surface area contributed by atoms with Crippen LogP contribution in [0, 0.1) is 0 Å². The van der Waals surface area contributed by atoms with Gasteiger partial charge in [-0.2, -0.15) is 5.10 Å². The van der Waals surface area contributed by atoms with Crippen LogP contribution in [-0.2, 0) is 9.59 Å². The first-order valence-electron chi connectivity index (χ1n) is 11.6. The lowest BCUT2D eigenvalue weighted by Crippen LogP contribution is -2.29. The van der Waals surface area contributed by atoms with Gasteiger partial charge in [0.05, 0.1) is 10.6 Å². The van der Waals surface area contributed by atoms with Gasteiger partial charge in [-0.3, -0.25) is 14.5 Å². The van der Waals surface area contributed by atoms with Crippen molar-refractivity contribution < 1.29 is 19.1 Å². The molecular weight excluding hydrogens is 494 g/mol. The van der Waals surface area contributed by atoms with Crippen molar-refractivity contribution in [3.63, 3.8) is 0 Å². The van der Waals surface area contributed by atoms with Crippen LogP contribution in [0.4, 0.5) is 0 Å². The molecule has 2 aromatic carbocycles. The van der Waals surface area contributed by atoms with Crippen molar-refractivity contribution in [2.24, 2.45) is 0 Å². The highest BCUT2D eigenvalue weighted by Crippen LogP contribution is 2.36. The molecule has 0 spiro atoms. The number of hydrogen-bond donors (Lipinski definition) is 1. The molecule has 1 aliphatic heterocycles. The third kappa shape index (κ3) is 5.12. The van der Waals surface area contributed by atoms with Crippen LogP contribution in [0.5, 0.6) is 0 Å². The zero-order valence-corrected chi connectivity index (χ0v) is 20.9. The number of carboxylic acids is 1. The molecule has 0 bridgehead atoms. The number of nitrogens with zero attached hydrogens (tertiary/aromatic N) is 3. The van der Waals surface area contributed by atoms with E-state index >= 15 is 0 Å². The summed E-state index contributed by atoms with van der Waals surface area (Å²) >= 11 is 6.74. The van der Waals surface area contributed by atoms with Crippen molar-refractivity contribution in [1.29, 1.82) is 0 Å². The first-order chi connectivity index (χ1) is 17.5. The predicted octanol–water partition coefficient (Wildman–Crippen LogP) is 6.13. The van der Waals surface area contributed by atoms with Gasteiger partial charge in [0.25, 0.3) is 5.91 Å². The first kappa shape index (κ1) is 24.0. The van der Waals surface area contributed by atoms with E-state index in [9.17, 15) is 9.59 Å². The number of thioether (sulfide) groups is 1. The molecule has 1 saturated heterocycles. The number of para-hydroxylation sites is 2. The summed E-state index contributed by atoms with van der Waals surface area (Å²) in [4.78, 5) is 26.0. The van der Waals surface area contributed by atoms with Crippen molar-refractivity contribution in [3.8, 4) is 17.1 Å². The number of aromatic nitrogens is 2. The number of hydrogen-bond acceptors (Lipinski definition) is 6. The Morgan fingerprint density at radius 3 is 2.64 bits per heavy atom. The number of carboxylic acid groups (broad SMARTS) is 1. The molecule has 7 nitrogen and oxygen atoms in total. The molecule has 9 heteroatoms. The van der Waals surface area contributed by atoms with Gasteiger partial charge in [0.15, 0.2) is 5.76 Å². The number of fused-ring (bicyclic) bond motifs is 1. The summed E-state index contributed by atoms with van der Waals surface area (Å²) in [5, 5.41) is 14.6. The Kier molecular flexibility index (Phi) is 7.02. The summed E-state index contributed by atoms with van der Waals surface area (Å²) in [6.07, 6.45) is 5.84. The molecule has 1 aliphatic rings. The minimum Gasteiger partial charge on any atom is -0.481 e. The van der Waals surface area contributed by atoms with Crippen molar-refractivity contribution in [2.75, 3.05) is 6.54 Å². The van der Waals surface area contributed by atoms with Crippen LogP contribution in [-0.4, -0.2) is 42.5 Å². The summed E-state index contributed by atoms with van der Waals surface area (Å²) in [6, 6.07) is 19.5. The number of unbranched alkanes of at least 4 members (excludes halogenated alkanes) is 2. The van der Waals surface area contributed by atoms with E-state index in [1.807, 2.05) is 72.9 Å². The monoisotopic (exact) mass is 517 g/mol. The number of aliphatic carboxylic acids is 1. The molecule has 0 atom stereocenters. The molecule has 5 rings (SSSR count). The fourth-order valence-corrected chi connectivity index (χ4v) is 5.35. The molecule has 182 valence electrons. The Hall–Kier alpha value is -3.69. The highest BCUT2D eigenvalue weighted by Gasteiger charge is 2.32. The van der Waals surface area contributed by atoms with Crippen LogP contribution in [0.15, 0.2) is 76.2 Å². The Morgan fingerprint density at radius 1 is 1.08 bits per heavy atom. The second-order valence-electron chi connectivity index (χ2n) is 8.40. The van der Waals surface area contributed by atoms with Crippen LogP contribution < -0.4 is 0 Å². The van der Waals surface area contributed by atoms with E-state index in [2.05, 4.69) is 0 Å². The van der Waals surface area contributed by atoms with E-state index in [0.29, 0.717) is 40.1 Å². The summed E-state index contributed by atoms with van der Waals surface area (Å²) in [7, 11) is 0. The number of carbonyl (C=O) groups excluding carboxylic acids is 1. The van der Waals surface area contributed by atoms with Crippen LogP contribution in [0.2, 0.25) is 0 Å². The maximum absolute atomic E-state index is 13.2. The van der Waals surface area contributed by atoms with Gasteiger partial charge in [0.1, 0.15) is 15.6 Å². The Balaban J connectivity index is 1.44. The number of amides is 1. The molecular formula is C27H23N3O4S2. The average Bonchev–Trinajstić information content (AvgIpc) is 3.56. The molecule has 36 heavy (non-hydrogen) atoms. The van der Waals surface area contributed by atoms with E-state index in [0.717, 1.165) is 28.6 Å². The van der Waals surface area contributed by atoms with Crippen molar-refractivity contribution in [1.82, 2.24) is 14.7 Å². The highest BCUT2D eigenvalue weighted by atomic mass is 32.2. The van der Waals surface area contributed by atoms with E-state index in [-0.39, 0.29) is 12.3 Å². The predicted molar refractivity (Wildman–Crippen MR) is 145 cm³/mol. The second-order valence-corrected chi connectivity index (χ2v) is 10.1. The number of thiocarbonyl (C=S) groups is 1. The summed E-state index contributed by atoms with van der Waals surface area (Å²) in [5.74, 6) is -0.336. The Labute approximate surface area is 217 Å². The third-order valence-electron chi connectivity index (χ3n) is 5.85. The molecule has 1 amide bonds. The van der Waals surface area contributed by atoms with Crippen molar-refractivity contribution in [3.05, 3.63) is 77.3 Å². The van der Waals surface area contributed by atoms with Crippen LogP contribution in [0.1, 0.15) is 31.2 Å². The Bertz CT molecular complexity index is 1440. The van der Waals surface area contributed by atoms with E-state index < -0.39 is 5.97 Å². The van der Waals surface area contributed by atoms with Crippen molar-refractivity contribution in [2.45, 2.75) is 25.7 Å². The van der Waals surface area contributed by atoms with Crippen LogP contribution in [0.3, 0.4) is 0 Å². The van der Waals surface area contributed by atoms with Gasteiger partial charge >= 0.3 is 5.97 Å². The van der Waals surface area contributed by atoms with Crippen LogP contribution >= 0.6 is 24.0 Å². The third-order valence-corrected chi connectivity index (χ3v) is 7.23. The summed E-state index contributed by atoms with van der Waals surface area (Å²) < 4.78 is 8.38. The lowest BCUT2D eigenvalue weighted by molar-refractivity contribution is -0.137. The Morgan fingerprint density at radius 2 is 1.86 bits per heavy atom. The fraction of sp³-hybridized carbons (Fsp3) is 0.185. The second kappa shape index (κ2) is 10.5. The molecule has 0 radical (unpaired) electrons. The van der Waals surface area contributed by atoms with Gasteiger partial charge in [0.2, 0.25) is 0 Å². The highest BCUT2D eigenvalue weighted by molar-refractivity contribution is 8.26. The van der Waals surface area contributed by atoms with Crippen molar-refractivity contribution >= 4 is 57.2 Å². The van der Waals surface area contributed by atoms with Gasteiger partial charge < -0.3 is 9.52 Å². The first-order valence-corrected chi connectivity index (χ1v) is 12.8. The lowest BCUT2D eigenvalue weighted by atomic mass is 10.1. The number of furan rings is 1. The zero-order valence-electron chi connectivity index (χ0n) is 19.3. The summed E-state index contributed by atoms with van der Waals surface area (Å²) in [5.41, 5.74) is 3.04. The van der Waals surface area contributed by atoms with Gasteiger partial charge in [0, 0.05) is 30.1 Å². The molecule has 4 aromatic rings. The van der Waals surface area contributed by atoms with Gasteiger partial charge in [-0.15, -0.1) is 0 Å². The van der Waals surface area contributed by atoms with Crippen LogP contribution in [0.25, 0.3) is 34.2 Å². The quantitative estimate of drug-likeness (QED) is 0.162. The normalized spacial score (nSPS) is 14.9. The number of carbonyl (C=O) groups is 2. The van der Waals surface area contributed by atoms with Gasteiger partial charge in [-0.25, -0.2) is 4.68 Å². The standard InChI is InChI=1S/C27H23N3O4S2/c31-24(32)13-5-2-8-14-29-26(33)23(36-27(29)35)16-19-17-30(20-10-3-1-4-11-20)28-25(19)22-15-18-9-6-7-12-21(18)34-22/h1,3-4,6-7,9-12,15-17H,2,5,8,13-14H2,(H,31,32)/b23-16-. The van der Waals surface area contributed by atoms with E-state index in [4.69, 9.17) is 26.8 Å². The molecule has 0 unspecified atom stereocenters. The number of rotatable bonds is 9. The average molecular weight is 518 g/mol. The SMILES string of the molecule is O=C(O)CCCCCN1C(=O)/C(=C/c2cn(-c3ccccc3)nc2-c2cc3ccccc3o2)SC1=S. The number of benzene rings is 2. The lowest BCUT2D eigenvalue weighted by Gasteiger charge is -2.13. The fourth-order valence-electron chi connectivity index (χ4n) is 4.05. The maximum atomic E-state index is 13.2. The molecule has 0 aliphatic carbocycles. The zero-order chi connectivity index (χ0) is 25.1. The van der Waals surface area contributed by atoms with E-state index in [1.165, 1.54) is 11.8 Å². The maximum Gasteiger partial charge on any atom is 0.303 e. The minimum atomic E-state index is -0.806. The molecule has 1 fully saturated rings. The molecule has 3 heterocycles.